The zero-order valence-corrected chi connectivity index (χ0v) is 20.7. The van der Waals surface area contributed by atoms with E-state index in [0.29, 0.717) is 31.0 Å². The Morgan fingerprint density at radius 2 is 1.25 bits per heavy atom. The molecule has 0 bridgehead atoms. The van der Waals surface area contributed by atoms with E-state index in [-0.39, 0.29) is 36.9 Å². The van der Waals surface area contributed by atoms with Crippen molar-refractivity contribution in [1.82, 2.24) is 14.1 Å². The summed E-state index contributed by atoms with van der Waals surface area (Å²) >= 11 is 0. The van der Waals surface area contributed by atoms with E-state index in [1.807, 2.05) is 34.6 Å². The summed E-state index contributed by atoms with van der Waals surface area (Å²) in [6.07, 6.45) is 3.43. The third-order valence-corrected chi connectivity index (χ3v) is 10.0. The summed E-state index contributed by atoms with van der Waals surface area (Å²) < 4.78 is 28.7. The molecule has 2 aliphatic heterocycles. The molecule has 4 rings (SSSR count). The molecule has 1 aromatic carbocycles. The van der Waals surface area contributed by atoms with Gasteiger partial charge < -0.3 is 9.80 Å². The van der Waals surface area contributed by atoms with Gasteiger partial charge in [0, 0.05) is 38.6 Å². The third kappa shape index (κ3) is 3.85. The molecular weight excluding hydrogens is 426 g/mol. The molecule has 2 amide bonds. The van der Waals surface area contributed by atoms with Gasteiger partial charge in [-0.25, -0.2) is 8.42 Å². The lowest BCUT2D eigenvalue weighted by atomic mass is 9.95. The average Bonchev–Trinajstić information content (AvgIpc) is 3.51. The van der Waals surface area contributed by atoms with Gasteiger partial charge in [0.05, 0.1) is 4.90 Å². The normalized spacial score (nSPS) is 22.5. The molecule has 2 heterocycles. The monoisotopic (exact) mass is 461 g/mol. The molecular formula is C24H35N3O4S. The number of benzene rings is 1. The van der Waals surface area contributed by atoms with E-state index in [9.17, 15) is 18.0 Å². The first kappa shape index (κ1) is 23.2. The van der Waals surface area contributed by atoms with Gasteiger partial charge in [0.1, 0.15) is 6.04 Å². The number of piperazine rings is 1. The molecule has 1 unspecified atom stereocenters. The molecule has 0 aromatic heterocycles. The number of hydrogen-bond acceptors (Lipinski definition) is 4. The van der Waals surface area contributed by atoms with Crippen molar-refractivity contribution in [2.75, 3.05) is 32.7 Å². The number of carbonyl (C=O) groups is 2. The van der Waals surface area contributed by atoms with Gasteiger partial charge in [0.25, 0.3) is 0 Å². The molecule has 8 heteroatoms. The highest BCUT2D eigenvalue weighted by molar-refractivity contribution is 7.89. The molecule has 2 saturated heterocycles. The first-order chi connectivity index (χ1) is 15.1. The van der Waals surface area contributed by atoms with E-state index in [1.54, 1.807) is 9.80 Å². The van der Waals surface area contributed by atoms with Crippen molar-refractivity contribution in [3.8, 4) is 0 Å². The Kier molecular flexibility index (Phi) is 6.13. The molecule has 0 N–H and O–H groups in total. The lowest BCUT2D eigenvalue weighted by Gasteiger charge is -2.37. The molecule has 3 fully saturated rings. The van der Waals surface area contributed by atoms with Crippen molar-refractivity contribution in [3.05, 3.63) is 27.8 Å². The predicted molar refractivity (Wildman–Crippen MR) is 123 cm³/mol. The van der Waals surface area contributed by atoms with Gasteiger partial charge in [0.15, 0.2) is 0 Å². The molecule has 1 aliphatic carbocycles. The van der Waals surface area contributed by atoms with Crippen molar-refractivity contribution in [3.63, 3.8) is 0 Å². The van der Waals surface area contributed by atoms with Crippen LogP contribution >= 0.6 is 0 Å². The fourth-order valence-corrected chi connectivity index (χ4v) is 7.18. The summed E-state index contributed by atoms with van der Waals surface area (Å²) in [6, 6.07) is -0.377. The minimum absolute atomic E-state index is 0.0251. The molecule has 1 atom stereocenters. The van der Waals surface area contributed by atoms with Crippen LogP contribution < -0.4 is 0 Å². The largest absolute Gasteiger partial charge is 0.338 e. The lowest BCUT2D eigenvalue weighted by molar-refractivity contribution is -0.145. The fraction of sp³-hybridized carbons (Fsp3) is 0.667. The maximum atomic E-state index is 13.6. The van der Waals surface area contributed by atoms with Gasteiger partial charge in [-0.1, -0.05) is 0 Å². The Hall–Kier alpha value is -1.93. The lowest BCUT2D eigenvalue weighted by Crippen LogP contribution is -2.55. The van der Waals surface area contributed by atoms with Crippen molar-refractivity contribution in [1.29, 1.82) is 0 Å². The number of nitrogens with zero attached hydrogens (tertiary/aromatic N) is 3. The Morgan fingerprint density at radius 1 is 0.719 bits per heavy atom. The predicted octanol–water partition coefficient (Wildman–Crippen LogP) is 2.46. The number of amides is 2. The standard InChI is InChI=1S/C24H35N3O4S/c1-15-16(2)18(4)22(19(5)17(15)3)32(30,31)26-13-11-25(12-14-26)24(29)21-7-6-10-27(21)23(28)20-8-9-20/h20-21H,6-14H2,1-5H3. The van der Waals surface area contributed by atoms with Crippen molar-refractivity contribution < 1.29 is 18.0 Å². The van der Waals surface area contributed by atoms with Gasteiger partial charge in [-0.2, -0.15) is 4.31 Å². The van der Waals surface area contributed by atoms with Crippen molar-refractivity contribution in [2.24, 2.45) is 5.92 Å². The van der Waals surface area contributed by atoms with Gasteiger partial charge in [0.2, 0.25) is 21.8 Å². The van der Waals surface area contributed by atoms with Crippen LogP contribution in [0.3, 0.4) is 0 Å². The van der Waals surface area contributed by atoms with Gasteiger partial charge in [-0.3, -0.25) is 9.59 Å². The quantitative estimate of drug-likeness (QED) is 0.690. The van der Waals surface area contributed by atoms with Crippen LogP contribution in [0.25, 0.3) is 0 Å². The van der Waals surface area contributed by atoms with Crippen LogP contribution in [0.4, 0.5) is 0 Å². The number of carbonyl (C=O) groups excluding carboxylic acids is 2. The molecule has 1 aromatic rings. The second-order valence-corrected chi connectivity index (χ2v) is 11.5. The Labute approximate surface area is 191 Å². The van der Waals surface area contributed by atoms with E-state index >= 15 is 0 Å². The molecule has 0 spiro atoms. The van der Waals surface area contributed by atoms with Crippen LogP contribution in [-0.4, -0.2) is 73.1 Å². The topological polar surface area (TPSA) is 78.0 Å². The van der Waals surface area contributed by atoms with Crippen LogP contribution in [0.5, 0.6) is 0 Å². The molecule has 176 valence electrons. The van der Waals surface area contributed by atoms with Crippen LogP contribution in [0.2, 0.25) is 0 Å². The smallest absolute Gasteiger partial charge is 0.245 e. The van der Waals surface area contributed by atoms with E-state index in [4.69, 9.17) is 0 Å². The van der Waals surface area contributed by atoms with Crippen LogP contribution in [0, 0.1) is 40.5 Å². The summed E-state index contributed by atoms with van der Waals surface area (Å²) in [5.41, 5.74) is 4.79. The summed E-state index contributed by atoms with van der Waals surface area (Å²) in [7, 11) is -3.65. The number of hydrogen-bond donors (Lipinski definition) is 0. The minimum Gasteiger partial charge on any atom is -0.338 e. The van der Waals surface area contributed by atoms with E-state index < -0.39 is 10.0 Å². The van der Waals surface area contributed by atoms with Gasteiger partial charge in [-0.05, 0) is 88.1 Å². The Balaban J connectivity index is 1.48. The summed E-state index contributed by atoms with van der Waals surface area (Å²) in [4.78, 5) is 29.7. The zero-order chi connectivity index (χ0) is 23.4. The average molecular weight is 462 g/mol. The van der Waals surface area contributed by atoms with E-state index in [0.717, 1.165) is 47.1 Å². The van der Waals surface area contributed by atoms with Gasteiger partial charge >= 0.3 is 0 Å². The van der Waals surface area contributed by atoms with Crippen molar-refractivity contribution in [2.45, 2.75) is 71.2 Å². The Bertz CT molecular complexity index is 1020. The maximum Gasteiger partial charge on any atom is 0.245 e. The number of likely N-dealkylation sites (tertiary alicyclic amines) is 1. The fourth-order valence-electron chi connectivity index (χ4n) is 5.19. The Morgan fingerprint density at radius 3 is 1.78 bits per heavy atom. The van der Waals surface area contributed by atoms with Crippen molar-refractivity contribution >= 4 is 21.8 Å². The first-order valence-electron chi connectivity index (χ1n) is 11.7. The van der Waals surface area contributed by atoms with Gasteiger partial charge in [-0.15, -0.1) is 0 Å². The first-order valence-corrected chi connectivity index (χ1v) is 13.2. The highest BCUT2D eigenvalue weighted by Crippen LogP contribution is 2.35. The molecule has 7 nitrogen and oxygen atoms in total. The second kappa shape index (κ2) is 8.45. The molecule has 1 saturated carbocycles. The zero-order valence-electron chi connectivity index (χ0n) is 19.9. The maximum absolute atomic E-state index is 13.6. The highest BCUT2D eigenvalue weighted by Gasteiger charge is 2.43. The third-order valence-electron chi connectivity index (χ3n) is 7.83. The highest BCUT2D eigenvalue weighted by atomic mass is 32.2. The van der Waals surface area contributed by atoms with E-state index in [2.05, 4.69) is 0 Å². The summed E-state index contributed by atoms with van der Waals surface area (Å²) in [6.45, 7) is 11.7. The summed E-state index contributed by atoms with van der Waals surface area (Å²) in [5, 5.41) is 0. The molecule has 0 radical (unpaired) electrons. The SMILES string of the molecule is Cc1c(C)c(C)c(S(=O)(=O)N2CCN(C(=O)C3CCCN3C(=O)C3CC3)CC2)c(C)c1C. The molecule has 32 heavy (non-hydrogen) atoms. The summed E-state index contributed by atoms with van der Waals surface area (Å²) in [5.74, 6) is 0.208. The second-order valence-electron chi connectivity index (χ2n) is 9.65. The number of rotatable bonds is 4. The number of sulfonamides is 1. The minimum atomic E-state index is -3.65. The van der Waals surface area contributed by atoms with Crippen LogP contribution in [0.1, 0.15) is 53.5 Å². The van der Waals surface area contributed by atoms with Crippen LogP contribution in [0.15, 0.2) is 4.90 Å². The van der Waals surface area contributed by atoms with Crippen LogP contribution in [-0.2, 0) is 19.6 Å². The van der Waals surface area contributed by atoms with E-state index in [1.165, 1.54) is 4.31 Å². The molecule has 3 aliphatic rings.